The molecular formula is C24H39Cl2PSiTi. The molecule has 0 radical (unpaired) electrons. The minimum atomic E-state index is -4.70. The normalized spacial score (nSPS) is 19.1. The van der Waals surface area contributed by atoms with Crippen molar-refractivity contribution in [1.29, 1.82) is 0 Å². The Morgan fingerprint density at radius 1 is 0.724 bits per heavy atom. The Morgan fingerprint density at radius 3 is 1.45 bits per heavy atom. The van der Waals surface area contributed by atoms with Crippen molar-refractivity contribution >= 4 is 48.0 Å². The summed E-state index contributed by atoms with van der Waals surface area (Å²) >= 11 is 0. The number of hydrogen-bond acceptors (Lipinski definition) is 0. The van der Waals surface area contributed by atoms with Crippen molar-refractivity contribution in [3.8, 4) is 0 Å². The molecule has 2 aromatic carbocycles. The minimum Gasteiger partial charge on any atom is -0.147 e. The van der Waals surface area contributed by atoms with Gasteiger partial charge in [0, 0.05) is 0 Å². The van der Waals surface area contributed by atoms with Gasteiger partial charge in [-0.2, -0.15) is 0 Å². The Morgan fingerprint density at radius 2 is 1.14 bits per heavy atom. The predicted molar refractivity (Wildman–Crippen MR) is 144 cm³/mol. The van der Waals surface area contributed by atoms with Crippen LogP contribution in [0.2, 0.25) is 39.2 Å². The van der Waals surface area contributed by atoms with E-state index in [0.717, 1.165) is 6.42 Å². The van der Waals surface area contributed by atoms with E-state index in [1.54, 1.807) is 3.88 Å². The summed E-state index contributed by atoms with van der Waals surface area (Å²) < 4.78 is 1.74. The Hall–Kier alpha value is -0.139. The van der Waals surface area contributed by atoms with E-state index in [9.17, 15) is 0 Å². The maximum Gasteiger partial charge on any atom is -0.147 e. The fourth-order valence-electron chi connectivity index (χ4n) is 5.21. The van der Waals surface area contributed by atoms with Crippen molar-refractivity contribution in [3.05, 3.63) is 82.8 Å². The molecule has 0 amide bonds. The molecule has 0 unspecified atom stereocenters. The van der Waals surface area contributed by atoms with Crippen LogP contribution in [0.1, 0.15) is 6.42 Å². The van der Waals surface area contributed by atoms with Crippen LogP contribution in [0.4, 0.5) is 0 Å². The molecule has 0 atom stereocenters. The summed E-state index contributed by atoms with van der Waals surface area (Å²) in [4.78, 5) is 0. The molecule has 0 bridgehead atoms. The van der Waals surface area contributed by atoms with Crippen LogP contribution in [-0.4, -0.2) is 6.66 Å². The zero-order valence-electron chi connectivity index (χ0n) is 19.1. The van der Waals surface area contributed by atoms with Crippen LogP contribution in [0.15, 0.2) is 82.8 Å². The van der Waals surface area contributed by atoms with E-state index in [4.69, 9.17) is 0 Å². The fraction of sp³-hybridized carbons (Fsp3) is 0.333. The van der Waals surface area contributed by atoms with Crippen LogP contribution < -0.4 is 10.6 Å². The zero-order valence-corrected chi connectivity index (χ0v) is 24.3. The number of allylic oxidation sites excluding steroid dienone is 4. The monoisotopic (exact) mass is 504 g/mol. The SMILES string of the molecule is C[SiH](C)[Ti]([CH3])([CH3])([CH3])([CH3])([CH3])([C]1=CC=CC1)[P](c1ccccc1)c1ccccc1.Cl.Cl. The van der Waals surface area contributed by atoms with Gasteiger partial charge in [-0.3, -0.25) is 0 Å². The summed E-state index contributed by atoms with van der Waals surface area (Å²) in [7, 11) is -4.70. The third-order valence-corrected chi connectivity index (χ3v) is 87.0. The van der Waals surface area contributed by atoms with Crippen molar-refractivity contribution < 1.29 is 10.2 Å². The van der Waals surface area contributed by atoms with Gasteiger partial charge in [-0.15, -0.1) is 24.8 Å². The Balaban J connectivity index is 0.00000210. The van der Waals surface area contributed by atoms with Crippen LogP contribution in [0.25, 0.3) is 0 Å². The van der Waals surface area contributed by atoms with E-state index in [2.05, 4.69) is 118 Å². The number of rotatable bonds is 5. The second-order valence-electron chi connectivity index (χ2n) is 14.7. The number of halogens is 2. The van der Waals surface area contributed by atoms with E-state index >= 15 is 0 Å². The van der Waals surface area contributed by atoms with E-state index in [0.29, 0.717) is 0 Å². The molecular weight excluding hydrogens is 466 g/mol. The fourth-order valence-corrected chi connectivity index (χ4v) is 49.9. The van der Waals surface area contributed by atoms with Gasteiger partial charge in [0.25, 0.3) is 0 Å². The first kappa shape index (κ1) is 26.9. The number of benzene rings is 2. The van der Waals surface area contributed by atoms with E-state index in [-0.39, 0.29) is 24.8 Å². The first-order valence-electron chi connectivity index (χ1n) is 10.4. The Kier molecular flexibility index (Phi) is 5.77. The van der Waals surface area contributed by atoms with Gasteiger partial charge in [0.05, 0.1) is 0 Å². The standard InChI is InChI=1S/C12H10P.C5H5.C2H7Si.5CH3.2ClH.Ti/c1-3-7-11(8-4-1)13-12-9-5-2-6-10-12;1-2-4-5-3-1;1-3-2;;;;;;;;/h1-10H;1-3H,4H2;3H,1-2H3;5*1H3;2*1H;/q-1;;;;;;;;;;+1. The summed E-state index contributed by atoms with van der Waals surface area (Å²) in [6.45, 7) is 4.03. The molecule has 0 aliphatic heterocycles. The zero-order chi connectivity index (χ0) is 20.1. The summed E-state index contributed by atoms with van der Waals surface area (Å²) in [5.74, 6) is -0.555. The second-order valence-corrected chi connectivity index (χ2v) is 83.4. The molecule has 0 N–H and O–H groups in total. The number of hydrogen-bond donors (Lipinski definition) is 0. The maximum atomic E-state index is 2.79. The minimum absolute atomic E-state index is 0. The van der Waals surface area contributed by atoms with E-state index in [1.165, 1.54) is 10.6 Å². The van der Waals surface area contributed by atoms with Crippen molar-refractivity contribution in [1.82, 2.24) is 0 Å². The molecule has 0 saturated carbocycles. The molecule has 5 heteroatoms. The Labute approximate surface area is 185 Å². The first-order valence-corrected chi connectivity index (χ1v) is 28.0. The first-order chi connectivity index (χ1) is 12.2. The quantitative estimate of drug-likeness (QED) is 0.284. The molecule has 0 saturated heterocycles. The van der Waals surface area contributed by atoms with E-state index < -0.39 is 22.8 Å². The maximum absolute atomic E-state index is 4.70. The van der Waals surface area contributed by atoms with Crippen LogP contribution in [0, 0.1) is 0 Å². The van der Waals surface area contributed by atoms with Crippen LogP contribution in [0.5, 0.6) is 0 Å². The average Bonchev–Trinajstić information content (AvgIpc) is 3.12. The van der Waals surface area contributed by atoms with Crippen LogP contribution >= 0.6 is 30.7 Å². The topological polar surface area (TPSA) is 0 Å². The summed E-state index contributed by atoms with van der Waals surface area (Å²) in [6, 6.07) is 22.8. The molecule has 1 aliphatic carbocycles. The predicted octanol–water partition coefficient (Wildman–Crippen LogP) is 8.24. The molecule has 0 nitrogen and oxygen atoms in total. The van der Waals surface area contributed by atoms with Gasteiger partial charge in [-0.1, -0.05) is 0 Å². The van der Waals surface area contributed by atoms with Gasteiger partial charge in [0.2, 0.25) is 0 Å². The van der Waals surface area contributed by atoms with Crippen molar-refractivity contribution in [3.63, 3.8) is 0 Å². The molecule has 0 fully saturated rings. The molecule has 0 spiro atoms. The molecule has 3 rings (SSSR count). The summed E-state index contributed by atoms with van der Waals surface area (Å²) in [6.07, 6.45) is 8.29. The van der Waals surface area contributed by atoms with Gasteiger partial charge in [-0.25, -0.2) is 0 Å². The molecule has 0 aromatic heterocycles. The molecule has 1 aliphatic rings. The third-order valence-electron chi connectivity index (χ3n) is 9.53. The van der Waals surface area contributed by atoms with E-state index in [1.807, 2.05) is 0 Å². The largest absolute Gasteiger partial charge is 0.147 e. The van der Waals surface area contributed by atoms with Gasteiger partial charge >= 0.3 is 162 Å². The second kappa shape index (κ2) is 6.22. The molecule has 29 heavy (non-hydrogen) atoms. The molecule has 0 heterocycles. The van der Waals surface area contributed by atoms with Crippen molar-refractivity contribution in [2.75, 3.05) is 0 Å². The molecule has 2 aromatic rings. The third kappa shape index (κ3) is 3.51. The summed E-state index contributed by atoms with van der Waals surface area (Å²) in [5.41, 5.74) is 0. The molecule has 162 valence electrons. The van der Waals surface area contributed by atoms with Crippen LogP contribution in [0.3, 0.4) is 0 Å². The van der Waals surface area contributed by atoms with Gasteiger partial charge < -0.3 is 0 Å². The van der Waals surface area contributed by atoms with Crippen molar-refractivity contribution in [2.45, 2.75) is 45.7 Å². The van der Waals surface area contributed by atoms with Gasteiger partial charge in [-0.05, 0) is 0 Å². The summed E-state index contributed by atoms with van der Waals surface area (Å²) in [5, 5.41) is 17.0. The Bertz CT molecular complexity index is 950. The van der Waals surface area contributed by atoms with Gasteiger partial charge in [0.1, 0.15) is 0 Å². The van der Waals surface area contributed by atoms with Gasteiger partial charge in [0.15, 0.2) is 0 Å². The van der Waals surface area contributed by atoms with Crippen LogP contribution in [-0.2, 0) is 10.2 Å². The average molecular weight is 505 g/mol. The smallest absolute Gasteiger partial charge is 0.147 e. The van der Waals surface area contributed by atoms with Crippen molar-refractivity contribution in [2.24, 2.45) is 0 Å².